The molecule has 0 atom stereocenters. The predicted octanol–water partition coefficient (Wildman–Crippen LogP) is 11.8. The molecular weight excluding hydrogens is 731 g/mol. The van der Waals surface area contributed by atoms with Gasteiger partial charge in [-0.2, -0.15) is 11.2 Å². The number of hydrogen-bond acceptors (Lipinski definition) is 3. The Morgan fingerprint density at radius 2 is 1.40 bits per heavy atom. The van der Waals surface area contributed by atoms with Crippen LogP contribution in [-0.4, -0.2) is 19.3 Å². The first-order valence-corrected chi connectivity index (χ1v) is 17.5. The van der Waals surface area contributed by atoms with E-state index in [1.807, 2.05) is 23.0 Å². The molecule has 5 aromatic carbocycles. The molecule has 0 fully saturated rings. The van der Waals surface area contributed by atoms with Crippen molar-refractivity contribution in [3.05, 3.63) is 155 Å². The second-order valence-corrected chi connectivity index (χ2v) is 13.9. The fourth-order valence-electron chi connectivity index (χ4n) is 7.38. The van der Waals surface area contributed by atoms with E-state index in [2.05, 4.69) is 156 Å². The molecule has 52 heavy (non-hydrogen) atoms. The van der Waals surface area contributed by atoms with Gasteiger partial charge in [0, 0.05) is 34.5 Å². The maximum Gasteiger partial charge on any atom is 2.00 e. The standard InChI is InChI=1S/C46H40N4O.Pd/c1-28(2)35-24-37(50-33(7)46(32(6)48-50)45-30(4)22-36(23-31(45)5)34-13-9-8-10-14-34)26-39(25-35)51-38-17-18-41-40-15-11-12-16-42(40)49(43(41)27-38)44-21-29(3)19-20-47-44;/h8-25,28H,1-7H3;/q-2;+2. The molecule has 8 aromatic rings. The second-order valence-electron chi connectivity index (χ2n) is 13.9. The van der Waals surface area contributed by atoms with Crippen LogP contribution in [0.15, 0.2) is 109 Å². The molecular formula is C46H40N4OPd. The average molecular weight is 771 g/mol. The maximum absolute atomic E-state index is 6.62. The van der Waals surface area contributed by atoms with Crippen LogP contribution < -0.4 is 4.74 Å². The molecule has 0 amide bonds. The number of aryl methyl sites for hydroxylation is 4. The zero-order valence-electron chi connectivity index (χ0n) is 30.5. The number of pyridine rings is 1. The Morgan fingerprint density at radius 1 is 0.673 bits per heavy atom. The van der Waals surface area contributed by atoms with Gasteiger partial charge in [-0.05, 0) is 103 Å². The van der Waals surface area contributed by atoms with Crippen LogP contribution in [-0.2, 0) is 20.4 Å². The van der Waals surface area contributed by atoms with Crippen LogP contribution in [0.3, 0.4) is 0 Å². The summed E-state index contributed by atoms with van der Waals surface area (Å²) in [6.45, 7) is 15.1. The SMILES string of the molecule is Cc1ccnc(-n2c3[c-]c(Oc4[c-]c(-n5nc(C)c(-c6c(C)cc(-c7ccccc7)cc6C)c5C)cc(C(C)C)c4)ccc3c3ccccc32)c1.[Pd+2]. The summed E-state index contributed by atoms with van der Waals surface area (Å²) in [7, 11) is 0. The van der Waals surface area contributed by atoms with E-state index < -0.39 is 0 Å². The van der Waals surface area contributed by atoms with Crippen molar-refractivity contribution in [1.29, 1.82) is 0 Å². The van der Waals surface area contributed by atoms with Crippen molar-refractivity contribution in [2.45, 2.75) is 54.4 Å². The number of aromatic nitrogens is 4. The van der Waals surface area contributed by atoms with Crippen molar-refractivity contribution in [2.24, 2.45) is 0 Å². The summed E-state index contributed by atoms with van der Waals surface area (Å²) in [5.41, 5.74) is 14.5. The van der Waals surface area contributed by atoms with Gasteiger partial charge in [-0.1, -0.05) is 80.0 Å². The molecule has 0 aliphatic rings. The number of ether oxygens (including phenoxy) is 1. The van der Waals surface area contributed by atoms with E-state index in [0.29, 0.717) is 11.5 Å². The Kier molecular flexibility index (Phi) is 9.48. The van der Waals surface area contributed by atoms with Gasteiger partial charge >= 0.3 is 20.4 Å². The molecule has 0 saturated carbocycles. The van der Waals surface area contributed by atoms with Gasteiger partial charge in [-0.15, -0.1) is 41.3 Å². The van der Waals surface area contributed by atoms with Gasteiger partial charge in [0.15, 0.2) is 0 Å². The maximum atomic E-state index is 6.62. The van der Waals surface area contributed by atoms with E-state index in [1.54, 1.807) is 0 Å². The number of nitrogens with zero attached hydrogens (tertiary/aromatic N) is 4. The molecule has 6 heteroatoms. The third-order valence-corrected chi connectivity index (χ3v) is 9.84. The molecule has 0 radical (unpaired) electrons. The third-order valence-electron chi connectivity index (χ3n) is 9.84. The molecule has 3 aromatic heterocycles. The van der Waals surface area contributed by atoms with Gasteiger partial charge in [0.25, 0.3) is 0 Å². The van der Waals surface area contributed by atoms with Crippen molar-refractivity contribution < 1.29 is 25.2 Å². The third kappa shape index (κ3) is 6.28. The van der Waals surface area contributed by atoms with E-state index in [4.69, 9.17) is 14.8 Å². The van der Waals surface area contributed by atoms with E-state index in [-0.39, 0.29) is 26.3 Å². The summed E-state index contributed by atoms with van der Waals surface area (Å²) in [5.74, 6) is 2.36. The first kappa shape index (κ1) is 35.1. The first-order chi connectivity index (χ1) is 24.7. The number of rotatable bonds is 7. The summed E-state index contributed by atoms with van der Waals surface area (Å²) in [6, 6.07) is 43.2. The van der Waals surface area contributed by atoms with Crippen LogP contribution in [0.25, 0.3) is 55.6 Å². The van der Waals surface area contributed by atoms with Crippen molar-refractivity contribution in [3.63, 3.8) is 0 Å². The fraction of sp³-hybridized carbons (Fsp3) is 0.174. The predicted molar refractivity (Wildman–Crippen MR) is 209 cm³/mol. The molecule has 0 aliphatic heterocycles. The summed E-state index contributed by atoms with van der Waals surface area (Å²) < 4.78 is 10.8. The molecule has 0 bridgehead atoms. The van der Waals surface area contributed by atoms with Crippen molar-refractivity contribution in [2.75, 3.05) is 0 Å². The Bertz CT molecular complexity index is 2570. The summed E-state index contributed by atoms with van der Waals surface area (Å²) in [6.07, 6.45) is 1.85. The quantitative estimate of drug-likeness (QED) is 0.120. The monoisotopic (exact) mass is 770 g/mol. The van der Waals surface area contributed by atoms with Gasteiger partial charge in [0.05, 0.1) is 5.69 Å². The van der Waals surface area contributed by atoms with Gasteiger partial charge in [0.1, 0.15) is 5.82 Å². The van der Waals surface area contributed by atoms with Crippen molar-refractivity contribution >= 4 is 21.8 Å². The number of para-hydroxylation sites is 1. The van der Waals surface area contributed by atoms with E-state index in [0.717, 1.165) is 61.4 Å². The zero-order valence-corrected chi connectivity index (χ0v) is 32.0. The summed E-state index contributed by atoms with van der Waals surface area (Å²) in [4.78, 5) is 4.73. The molecule has 0 spiro atoms. The molecule has 5 nitrogen and oxygen atoms in total. The van der Waals surface area contributed by atoms with Crippen LogP contribution in [0, 0.1) is 46.8 Å². The Morgan fingerprint density at radius 3 is 2.13 bits per heavy atom. The fourth-order valence-corrected chi connectivity index (χ4v) is 7.38. The number of fused-ring (bicyclic) bond motifs is 3. The number of hydrogen-bond donors (Lipinski definition) is 0. The molecule has 0 aliphatic carbocycles. The molecule has 8 rings (SSSR count). The Balaban J connectivity index is 0.00000420. The topological polar surface area (TPSA) is 44.9 Å². The van der Waals surface area contributed by atoms with Crippen LogP contribution in [0.1, 0.15) is 53.4 Å². The minimum Gasteiger partial charge on any atom is -0.509 e. The van der Waals surface area contributed by atoms with Gasteiger partial charge in [-0.25, -0.2) is 4.98 Å². The average Bonchev–Trinajstić information content (AvgIpc) is 3.61. The van der Waals surface area contributed by atoms with Crippen molar-refractivity contribution in [3.8, 4) is 45.3 Å². The Labute approximate surface area is 319 Å². The van der Waals surface area contributed by atoms with Crippen molar-refractivity contribution in [1.82, 2.24) is 19.3 Å². The molecule has 0 saturated heterocycles. The second kappa shape index (κ2) is 14.0. The summed E-state index contributed by atoms with van der Waals surface area (Å²) >= 11 is 0. The number of benzene rings is 5. The van der Waals surface area contributed by atoms with E-state index in [9.17, 15) is 0 Å². The van der Waals surface area contributed by atoms with Gasteiger partial charge in [0.2, 0.25) is 0 Å². The Hall–Kier alpha value is -5.28. The van der Waals surface area contributed by atoms with Gasteiger partial charge < -0.3 is 9.30 Å². The minimum atomic E-state index is 0. The minimum absolute atomic E-state index is 0. The van der Waals surface area contributed by atoms with Crippen LogP contribution in [0.5, 0.6) is 11.5 Å². The molecule has 0 N–H and O–H groups in total. The van der Waals surface area contributed by atoms with E-state index in [1.165, 1.54) is 27.8 Å². The van der Waals surface area contributed by atoms with E-state index >= 15 is 0 Å². The molecule has 0 unspecified atom stereocenters. The first-order valence-electron chi connectivity index (χ1n) is 17.5. The zero-order chi connectivity index (χ0) is 35.4. The normalized spacial score (nSPS) is 11.4. The van der Waals surface area contributed by atoms with Crippen LogP contribution in [0.2, 0.25) is 0 Å². The molecule has 3 heterocycles. The van der Waals surface area contributed by atoms with Gasteiger partial charge in [-0.3, -0.25) is 4.68 Å². The van der Waals surface area contributed by atoms with Crippen LogP contribution in [0.4, 0.5) is 0 Å². The largest absolute Gasteiger partial charge is 2.00 e. The molecule has 260 valence electrons. The smallest absolute Gasteiger partial charge is 0.509 e. The van der Waals surface area contributed by atoms with Crippen LogP contribution >= 0.6 is 0 Å². The summed E-state index contributed by atoms with van der Waals surface area (Å²) in [5, 5.41) is 7.34.